The Morgan fingerprint density at radius 1 is 1.27 bits per heavy atom. The number of nitrogens with zero attached hydrogens (tertiary/aromatic N) is 3. The number of rotatable bonds is 3. The number of halogens is 1. The van der Waals surface area contributed by atoms with Gasteiger partial charge in [-0.2, -0.15) is 0 Å². The summed E-state index contributed by atoms with van der Waals surface area (Å²) in [5.41, 5.74) is 1.95. The quantitative estimate of drug-likeness (QED) is 0.707. The maximum Gasteiger partial charge on any atom is 0.255 e. The van der Waals surface area contributed by atoms with E-state index in [0.717, 1.165) is 52.6 Å². The van der Waals surface area contributed by atoms with Crippen LogP contribution in [0.4, 0.5) is 0 Å². The summed E-state index contributed by atoms with van der Waals surface area (Å²) < 4.78 is 1.02. The van der Waals surface area contributed by atoms with Gasteiger partial charge in [-0.15, -0.1) is 11.3 Å². The van der Waals surface area contributed by atoms with Crippen LogP contribution in [0.1, 0.15) is 21.1 Å². The molecule has 0 spiro atoms. The summed E-state index contributed by atoms with van der Waals surface area (Å²) in [7, 11) is 0. The molecule has 0 N–H and O–H groups in total. The number of hydrogen-bond donors (Lipinski definition) is 0. The molecule has 1 saturated heterocycles. The van der Waals surface area contributed by atoms with Crippen molar-refractivity contribution in [2.24, 2.45) is 0 Å². The lowest BCUT2D eigenvalue weighted by molar-refractivity contribution is 0.0626. The summed E-state index contributed by atoms with van der Waals surface area (Å²) in [6.45, 7) is 6.30. The second kappa shape index (κ2) is 7.06. The summed E-state index contributed by atoms with van der Waals surface area (Å²) >= 11 is 3.92. The summed E-state index contributed by atoms with van der Waals surface area (Å²) in [5.74, 6) is 0.147. The van der Waals surface area contributed by atoms with Gasteiger partial charge in [0.15, 0.2) is 0 Å². The molecule has 6 heteroatoms. The molecule has 3 rings (SSSR count). The van der Waals surface area contributed by atoms with Crippen molar-refractivity contribution in [1.29, 1.82) is 0 Å². The van der Waals surface area contributed by atoms with E-state index in [1.54, 1.807) is 11.3 Å². The van der Waals surface area contributed by atoms with Gasteiger partial charge in [-0.3, -0.25) is 9.69 Å². The van der Waals surface area contributed by atoms with Crippen molar-refractivity contribution >= 4 is 39.8 Å². The van der Waals surface area contributed by atoms with E-state index in [-0.39, 0.29) is 5.91 Å². The molecule has 1 aliphatic heterocycles. The molecule has 1 amide bonds. The number of aryl methyl sites for hydroxylation is 1. The van der Waals surface area contributed by atoms with Crippen LogP contribution in [0.3, 0.4) is 0 Å². The molecule has 0 unspecified atom stereocenters. The molecule has 0 bridgehead atoms. The minimum absolute atomic E-state index is 0.147. The highest BCUT2D eigenvalue weighted by Crippen LogP contribution is 2.16. The van der Waals surface area contributed by atoms with Gasteiger partial charge < -0.3 is 4.90 Å². The molecule has 2 heterocycles. The summed E-state index contributed by atoms with van der Waals surface area (Å²) in [4.78, 5) is 21.4. The first kappa shape index (κ1) is 15.9. The van der Waals surface area contributed by atoms with Gasteiger partial charge in [-0.05, 0) is 41.6 Å². The van der Waals surface area contributed by atoms with Gasteiger partial charge in [0.2, 0.25) is 0 Å². The van der Waals surface area contributed by atoms with Gasteiger partial charge in [0, 0.05) is 41.7 Å². The summed E-state index contributed by atoms with van der Waals surface area (Å²) in [6.07, 6.45) is 0. The second-order valence-corrected chi connectivity index (χ2v) is 7.63. The van der Waals surface area contributed by atoms with Gasteiger partial charge in [-0.1, -0.05) is 12.1 Å². The standard InChI is InChI=1S/C16H18IN3OS/c1-12-18-13(11-22-12)10-19-6-8-20(9-7-19)16(21)14-4-2-3-5-15(14)17/h2-5,11H,6-10H2,1H3. The van der Waals surface area contributed by atoms with Gasteiger partial charge in [0.05, 0.1) is 16.3 Å². The average Bonchev–Trinajstić information content (AvgIpc) is 2.93. The highest BCUT2D eigenvalue weighted by Gasteiger charge is 2.23. The molecule has 1 aromatic carbocycles. The number of amides is 1. The van der Waals surface area contributed by atoms with Gasteiger partial charge in [0.25, 0.3) is 5.91 Å². The summed E-state index contributed by atoms with van der Waals surface area (Å²) in [5, 5.41) is 3.24. The van der Waals surface area contributed by atoms with Crippen LogP contribution in [0, 0.1) is 10.5 Å². The molecule has 2 aromatic rings. The molecule has 0 radical (unpaired) electrons. The minimum atomic E-state index is 0.147. The van der Waals surface area contributed by atoms with Gasteiger partial charge in [-0.25, -0.2) is 4.98 Å². The SMILES string of the molecule is Cc1nc(CN2CCN(C(=O)c3ccccc3I)CC2)cs1. The Balaban J connectivity index is 1.57. The first-order valence-corrected chi connectivity index (χ1v) is 9.26. The molecule has 1 fully saturated rings. The van der Waals surface area contributed by atoms with Gasteiger partial charge in [0.1, 0.15) is 0 Å². The van der Waals surface area contributed by atoms with Gasteiger partial charge >= 0.3 is 0 Å². The van der Waals surface area contributed by atoms with Crippen LogP contribution in [0.5, 0.6) is 0 Å². The normalized spacial score (nSPS) is 16.0. The number of piperazine rings is 1. The maximum atomic E-state index is 12.6. The van der Waals surface area contributed by atoms with Crippen molar-refractivity contribution in [3.63, 3.8) is 0 Å². The van der Waals surface area contributed by atoms with Crippen LogP contribution in [-0.2, 0) is 6.54 Å². The molecule has 22 heavy (non-hydrogen) atoms. The summed E-state index contributed by atoms with van der Waals surface area (Å²) in [6, 6.07) is 7.78. The molecule has 4 nitrogen and oxygen atoms in total. The number of carbonyl (C=O) groups excluding carboxylic acids is 1. The third-order valence-electron chi connectivity index (χ3n) is 3.82. The van der Waals surface area contributed by atoms with Crippen LogP contribution in [0.25, 0.3) is 0 Å². The third-order valence-corrected chi connectivity index (χ3v) is 5.58. The Kier molecular flexibility index (Phi) is 5.10. The van der Waals surface area contributed by atoms with Crippen LogP contribution in [-0.4, -0.2) is 46.9 Å². The Bertz CT molecular complexity index is 665. The zero-order valence-electron chi connectivity index (χ0n) is 12.5. The maximum absolute atomic E-state index is 12.6. The van der Waals surface area contributed by atoms with Crippen molar-refractivity contribution in [1.82, 2.24) is 14.8 Å². The van der Waals surface area contributed by atoms with Crippen molar-refractivity contribution < 1.29 is 4.79 Å². The smallest absolute Gasteiger partial charge is 0.255 e. The highest BCUT2D eigenvalue weighted by molar-refractivity contribution is 14.1. The highest BCUT2D eigenvalue weighted by atomic mass is 127. The molecule has 1 aliphatic rings. The van der Waals surface area contributed by atoms with Crippen LogP contribution in [0.15, 0.2) is 29.6 Å². The lowest BCUT2D eigenvalue weighted by atomic mass is 10.2. The van der Waals surface area contributed by atoms with Crippen LogP contribution >= 0.6 is 33.9 Å². The number of thiazole rings is 1. The average molecular weight is 427 g/mol. The van der Waals surface area contributed by atoms with E-state index < -0.39 is 0 Å². The fourth-order valence-corrected chi connectivity index (χ4v) is 3.85. The Morgan fingerprint density at radius 3 is 2.64 bits per heavy atom. The first-order chi connectivity index (χ1) is 10.6. The monoisotopic (exact) mass is 427 g/mol. The van der Waals surface area contributed by atoms with Crippen molar-refractivity contribution in [3.05, 3.63) is 49.5 Å². The molecule has 0 atom stereocenters. The first-order valence-electron chi connectivity index (χ1n) is 7.30. The second-order valence-electron chi connectivity index (χ2n) is 5.41. The fourth-order valence-electron chi connectivity index (χ4n) is 2.62. The minimum Gasteiger partial charge on any atom is -0.336 e. The number of benzene rings is 1. The number of aromatic nitrogens is 1. The number of carbonyl (C=O) groups is 1. The molecule has 0 aliphatic carbocycles. The van der Waals surface area contributed by atoms with E-state index in [4.69, 9.17) is 0 Å². The zero-order valence-corrected chi connectivity index (χ0v) is 15.4. The molecular weight excluding hydrogens is 409 g/mol. The van der Waals surface area contributed by atoms with E-state index in [9.17, 15) is 4.79 Å². The molecule has 1 aromatic heterocycles. The van der Waals surface area contributed by atoms with Crippen molar-refractivity contribution in [3.8, 4) is 0 Å². The Hall–Kier alpha value is -0.990. The van der Waals surface area contributed by atoms with E-state index in [2.05, 4.69) is 37.9 Å². The topological polar surface area (TPSA) is 36.4 Å². The van der Waals surface area contributed by atoms with Crippen LogP contribution < -0.4 is 0 Å². The predicted octanol–water partition coefficient (Wildman–Crippen LogP) is 3.01. The molecular formula is C16H18IN3OS. The van der Waals surface area contributed by atoms with Crippen molar-refractivity contribution in [2.75, 3.05) is 26.2 Å². The lowest BCUT2D eigenvalue weighted by Gasteiger charge is -2.34. The van der Waals surface area contributed by atoms with E-state index in [1.807, 2.05) is 36.1 Å². The lowest BCUT2D eigenvalue weighted by Crippen LogP contribution is -2.48. The van der Waals surface area contributed by atoms with E-state index in [0.29, 0.717) is 0 Å². The fraction of sp³-hybridized carbons (Fsp3) is 0.375. The third kappa shape index (κ3) is 3.67. The van der Waals surface area contributed by atoms with Crippen molar-refractivity contribution in [2.45, 2.75) is 13.5 Å². The largest absolute Gasteiger partial charge is 0.336 e. The zero-order chi connectivity index (χ0) is 15.5. The van der Waals surface area contributed by atoms with Crippen LogP contribution in [0.2, 0.25) is 0 Å². The Morgan fingerprint density at radius 2 is 2.00 bits per heavy atom. The molecule has 116 valence electrons. The number of hydrogen-bond acceptors (Lipinski definition) is 4. The van der Waals surface area contributed by atoms with E-state index >= 15 is 0 Å². The molecule has 0 saturated carbocycles. The predicted molar refractivity (Wildman–Crippen MR) is 97.2 cm³/mol. The Labute approximate surface area is 148 Å². The van der Waals surface area contributed by atoms with E-state index in [1.165, 1.54) is 0 Å².